The van der Waals surface area contributed by atoms with E-state index >= 15 is 0 Å². The van der Waals surface area contributed by atoms with Crippen LogP contribution in [-0.2, 0) is 18.4 Å². The average Bonchev–Trinajstić information content (AvgIpc) is 3.11. The molecule has 1 aliphatic rings. The first-order valence-corrected chi connectivity index (χ1v) is 8.47. The van der Waals surface area contributed by atoms with Gasteiger partial charge in [0.2, 0.25) is 5.91 Å². The molecular formula is C18H25N5O. The number of hydrogen-bond donors (Lipinski definition) is 1. The van der Waals surface area contributed by atoms with Crippen LogP contribution in [0.4, 0.5) is 0 Å². The van der Waals surface area contributed by atoms with Crippen molar-refractivity contribution in [3.63, 3.8) is 0 Å². The minimum Gasteiger partial charge on any atom is -0.349 e. The predicted molar refractivity (Wildman–Crippen MR) is 92.3 cm³/mol. The third-order valence-electron chi connectivity index (χ3n) is 4.80. The van der Waals surface area contributed by atoms with Gasteiger partial charge in [0.1, 0.15) is 0 Å². The van der Waals surface area contributed by atoms with Gasteiger partial charge in [-0.15, -0.1) is 0 Å². The van der Waals surface area contributed by atoms with Crippen molar-refractivity contribution in [1.29, 1.82) is 0 Å². The van der Waals surface area contributed by atoms with E-state index in [0.29, 0.717) is 19.1 Å². The summed E-state index contributed by atoms with van der Waals surface area (Å²) in [5.74, 6) is 0.0479. The van der Waals surface area contributed by atoms with Gasteiger partial charge in [0.15, 0.2) is 0 Å². The Kier molecular flexibility index (Phi) is 4.94. The zero-order valence-corrected chi connectivity index (χ0v) is 14.6. The molecule has 1 saturated heterocycles. The third-order valence-corrected chi connectivity index (χ3v) is 4.80. The van der Waals surface area contributed by atoms with Crippen molar-refractivity contribution >= 4 is 5.91 Å². The molecule has 0 unspecified atom stereocenters. The fraction of sp³-hybridized carbons (Fsp3) is 0.500. The highest BCUT2D eigenvalue weighted by molar-refractivity contribution is 5.78. The summed E-state index contributed by atoms with van der Waals surface area (Å²) < 4.78 is 1.93. The number of aryl methyl sites for hydroxylation is 2. The maximum atomic E-state index is 12.3. The standard InChI is InChI=1S/C18H25N5O/c1-13-18(14(2)22(3)21-13)16-8-6-10-23(16)12-17(24)20-11-15-7-4-5-9-19-15/h4-5,7,9,16H,6,8,10-12H2,1-3H3,(H,20,24)/t16-/m0/s1. The van der Waals surface area contributed by atoms with Gasteiger partial charge in [-0.1, -0.05) is 6.07 Å². The van der Waals surface area contributed by atoms with E-state index in [1.807, 2.05) is 29.9 Å². The Morgan fingerprint density at radius 3 is 2.88 bits per heavy atom. The largest absolute Gasteiger partial charge is 0.349 e. The van der Waals surface area contributed by atoms with Gasteiger partial charge >= 0.3 is 0 Å². The molecule has 1 N–H and O–H groups in total. The summed E-state index contributed by atoms with van der Waals surface area (Å²) in [7, 11) is 1.98. The van der Waals surface area contributed by atoms with Gasteiger partial charge in [0, 0.05) is 30.5 Å². The number of amides is 1. The van der Waals surface area contributed by atoms with Gasteiger partial charge in [-0.3, -0.25) is 19.4 Å². The molecule has 0 aromatic carbocycles. The molecular weight excluding hydrogens is 302 g/mol. The van der Waals surface area contributed by atoms with E-state index < -0.39 is 0 Å². The molecule has 3 heterocycles. The van der Waals surface area contributed by atoms with Gasteiger partial charge in [0.25, 0.3) is 0 Å². The fourth-order valence-corrected chi connectivity index (χ4v) is 3.55. The van der Waals surface area contributed by atoms with Gasteiger partial charge in [-0.05, 0) is 45.4 Å². The highest BCUT2D eigenvalue weighted by Gasteiger charge is 2.31. The van der Waals surface area contributed by atoms with Crippen LogP contribution in [0.5, 0.6) is 0 Å². The number of likely N-dealkylation sites (tertiary alicyclic amines) is 1. The lowest BCUT2D eigenvalue weighted by molar-refractivity contribution is -0.122. The van der Waals surface area contributed by atoms with Crippen LogP contribution in [-0.4, -0.2) is 38.7 Å². The molecule has 128 valence electrons. The van der Waals surface area contributed by atoms with Gasteiger partial charge < -0.3 is 5.32 Å². The lowest BCUT2D eigenvalue weighted by Crippen LogP contribution is -2.37. The molecule has 0 aliphatic carbocycles. The topological polar surface area (TPSA) is 63.1 Å². The van der Waals surface area contributed by atoms with Crippen LogP contribution in [0.25, 0.3) is 0 Å². The summed E-state index contributed by atoms with van der Waals surface area (Å²) in [5, 5.41) is 7.49. The second-order valence-electron chi connectivity index (χ2n) is 6.43. The van der Waals surface area contributed by atoms with Gasteiger partial charge in [0.05, 0.1) is 24.5 Å². The van der Waals surface area contributed by atoms with E-state index in [1.54, 1.807) is 6.20 Å². The van der Waals surface area contributed by atoms with E-state index in [9.17, 15) is 4.79 Å². The zero-order chi connectivity index (χ0) is 17.1. The summed E-state index contributed by atoms with van der Waals surface area (Å²) >= 11 is 0. The van der Waals surface area contributed by atoms with Crippen LogP contribution in [0.15, 0.2) is 24.4 Å². The summed E-state index contributed by atoms with van der Waals surface area (Å²) in [5.41, 5.74) is 4.43. The summed E-state index contributed by atoms with van der Waals surface area (Å²) in [6, 6.07) is 6.01. The molecule has 1 amide bonds. The van der Waals surface area contributed by atoms with Crippen molar-refractivity contribution in [2.75, 3.05) is 13.1 Å². The lowest BCUT2D eigenvalue weighted by Gasteiger charge is -2.24. The Hall–Kier alpha value is -2.21. The Bertz CT molecular complexity index is 710. The first-order valence-electron chi connectivity index (χ1n) is 8.47. The van der Waals surface area contributed by atoms with Crippen molar-refractivity contribution in [2.24, 2.45) is 7.05 Å². The molecule has 24 heavy (non-hydrogen) atoms. The van der Waals surface area contributed by atoms with Crippen LogP contribution < -0.4 is 5.32 Å². The maximum Gasteiger partial charge on any atom is 0.234 e. The minimum absolute atomic E-state index is 0.0479. The molecule has 6 nitrogen and oxygen atoms in total. The summed E-state index contributed by atoms with van der Waals surface area (Å²) in [6.45, 7) is 6.01. The molecule has 1 fully saturated rings. The monoisotopic (exact) mass is 327 g/mol. The molecule has 2 aromatic rings. The minimum atomic E-state index is 0.0479. The second kappa shape index (κ2) is 7.13. The summed E-state index contributed by atoms with van der Waals surface area (Å²) in [6.07, 6.45) is 3.94. The van der Waals surface area contributed by atoms with Crippen LogP contribution in [0, 0.1) is 13.8 Å². The van der Waals surface area contributed by atoms with Crippen molar-refractivity contribution in [1.82, 2.24) is 25.0 Å². The van der Waals surface area contributed by atoms with Crippen LogP contribution >= 0.6 is 0 Å². The molecule has 0 spiro atoms. The Labute approximate surface area is 142 Å². The molecule has 3 rings (SSSR count). The number of nitrogens with one attached hydrogen (secondary N) is 1. The Balaban J connectivity index is 1.62. The fourth-order valence-electron chi connectivity index (χ4n) is 3.55. The number of aromatic nitrogens is 3. The normalized spacial score (nSPS) is 18.0. The lowest BCUT2D eigenvalue weighted by atomic mass is 10.0. The SMILES string of the molecule is Cc1nn(C)c(C)c1[C@@H]1CCCN1CC(=O)NCc1ccccn1. The van der Waals surface area contributed by atoms with Crippen molar-refractivity contribution in [3.05, 3.63) is 47.0 Å². The highest BCUT2D eigenvalue weighted by Crippen LogP contribution is 2.34. The molecule has 0 saturated carbocycles. The van der Waals surface area contributed by atoms with Gasteiger partial charge in [-0.25, -0.2) is 0 Å². The van der Waals surface area contributed by atoms with Crippen molar-refractivity contribution in [2.45, 2.75) is 39.3 Å². The van der Waals surface area contributed by atoms with E-state index in [4.69, 9.17) is 0 Å². The molecule has 1 atom stereocenters. The molecule has 0 radical (unpaired) electrons. The van der Waals surface area contributed by atoms with E-state index in [1.165, 1.54) is 11.3 Å². The highest BCUT2D eigenvalue weighted by atomic mass is 16.2. The van der Waals surface area contributed by atoms with Crippen LogP contribution in [0.2, 0.25) is 0 Å². The quantitative estimate of drug-likeness (QED) is 0.911. The number of rotatable bonds is 5. The first kappa shape index (κ1) is 16.6. The number of nitrogens with zero attached hydrogens (tertiary/aromatic N) is 4. The van der Waals surface area contributed by atoms with Gasteiger partial charge in [-0.2, -0.15) is 5.10 Å². The second-order valence-corrected chi connectivity index (χ2v) is 6.43. The number of carbonyl (C=O) groups is 1. The predicted octanol–water partition coefficient (Wildman–Crippen LogP) is 1.89. The van der Waals surface area contributed by atoms with Crippen molar-refractivity contribution < 1.29 is 4.79 Å². The van der Waals surface area contributed by atoms with E-state index in [-0.39, 0.29) is 5.91 Å². The van der Waals surface area contributed by atoms with Crippen molar-refractivity contribution in [3.8, 4) is 0 Å². The van der Waals surface area contributed by atoms with E-state index in [0.717, 1.165) is 30.8 Å². The van der Waals surface area contributed by atoms with E-state index in [2.05, 4.69) is 34.1 Å². The number of pyridine rings is 1. The molecule has 6 heteroatoms. The van der Waals surface area contributed by atoms with Crippen LogP contribution in [0.1, 0.15) is 41.5 Å². The number of carbonyl (C=O) groups excluding carboxylic acids is 1. The summed E-state index contributed by atoms with van der Waals surface area (Å²) in [4.78, 5) is 18.8. The first-order chi connectivity index (χ1) is 11.6. The Morgan fingerprint density at radius 1 is 1.38 bits per heavy atom. The van der Waals surface area contributed by atoms with Crippen LogP contribution in [0.3, 0.4) is 0 Å². The Morgan fingerprint density at radius 2 is 2.21 bits per heavy atom. The molecule has 0 bridgehead atoms. The number of hydrogen-bond acceptors (Lipinski definition) is 4. The zero-order valence-electron chi connectivity index (χ0n) is 14.6. The maximum absolute atomic E-state index is 12.3. The third kappa shape index (κ3) is 3.48. The molecule has 1 aliphatic heterocycles. The smallest absolute Gasteiger partial charge is 0.234 e. The average molecular weight is 327 g/mol. The molecule has 2 aromatic heterocycles.